The number of nitrogens with zero attached hydrogens (tertiary/aromatic N) is 1. The number of fused-ring (bicyclic) bond motifs is 2. The highest BCUT2D eigenvalue weighted by atomic mass is 15.3. The van der Waals surface area contributed by atoms with Gasteiger partial charge in [0.1, 0.15) is 0 Å². The van der Waals surface area contributed by atoms with E-state index in [1.807, 2.05) is 0 Å². The Labute approximate surface area is 94.2 Å². The van der Waals surface area contributed by atoms with Crippen molar-refractivity contribution in [2.75, 3.05) is 6.54 Å². The van der Waals surface area contributed by atoms with E-state index in [9.17, 15) is 0 Å². The van der Waals surface area contributed by atoms with Crippen LogP contribution in [0.4, 0.5) is 0 Å². The molecule has 0 aromatic rings. The zero-order valence-electron chi connectivity index (χ0n) is 10.6. The van der Waals surface area contributed by atoms with Gasteiger partial charge in [0, 0.05) is 11.1 Å². The van der Waals surface area contributed by atoms with Gasteiger partial charge >= 0.3 is 0 Å². The smallest absolute Gasteiger partial charge is 0.0221 e. The lowest BCUT2D eigenvalue weighted by molar-refractivity contribution is 0.0926. The summed E-state index contributed by atoms with van der Waals surface area (Å²) in [6.07, 6.45) is 10.3. The molecule has 86 valence electrons. The molecule has 0 aromatic heterocycles. The zero-order chi connectivity index (χ0) is 10.7. The third kappa shape index (κ3) is 1.46. The lowest BCUT2D eigenvalue weighted by atomic mass is 9.77. The Hall–Kier alpha value is -0.0400. The van der Waals surface area contributed by atoms with E-state index in [4.69, 9.17) is 0 Å². The second-order valence-electron chi connectivity index (χ2n) is 7.44. The average molecular weight is 207 g/mol. The third-order valence-corrected chi connectivity index (χ3v) is 4.91. The van der Waals surface area contributed by atoms with E-state index in [-0.39, 0.29) is 0 Å². The first-order valence-electron chi connectivity index (χ1n) is 6.74. The Kier molecular flexibility index (Phi) is 1.89. The molecule has 1 unspecified atom stereocenters. The van der Waals surface area contributed by atoms with Crippen molar-refractivity contribution in [3.8, 4) is 0 Å². The number of hydrogen-bond acceptors (Lipinski definition) is 1. The van der Waals surface area contributed by atoms with Gasteiger partial charge in [-0.15, -0.1) is 0 Å². The van der Waals surface area contributed by atoms with Crippen LogP contribution >= 0.6 is 0 Å². The van der Waals surface area contributed by atoms with Crippen molar-refractivity contribution in [3.05, 3.63) is 0 Å². The van der Waals surface area contributed by atoms with Crippen molar-refractivity contribution in [1.29, 1.82) is 0 Å². The van der Waals surface area contributed by atoms with Gasteiger partial charge in [-0.25, -0.2) is 0 Å². The van der Waals surface area contributed by atoms with E-state index >= 15 is 0 Å². The van der Waals surface area contributed by atoms with Crippen molar-refractivity contribution in [2.24, 2.45) is 5.41 Å². The summed E-state index contributed by atoms with van der Waals surface area (Å²) in [5.41, 5.74) is 1.83. The molecule has 0 amide bonds. The largest absolute Gasteiger partial charge is 0.292 e. The van der Waals surface area contributed by atoms with Crippen LogP contribution in [0.3, 0.4) is 0 Å². The van der Waals surface area contributed by atoms with Crippen molar-refractivity contribution in [2.45, 2.75) is 76.8 Å². The van der Waals surface area contributed by atoms with Gasteiger partial charge in [0.05, 0.1) is 0 Å². The van der Waals surface area contributed by atoms with Crippen LogP contribution in [0.2, 0.25) is 0 Å². The summed E-state index contributed by atoms with van der Waals surface area (Å²) in [6, 6.07) is 0. The monoisotopic (exact) mass is 207 g/mol. The summed E-state index contributed by atoms with van der Waals surface area (Å²) in [4.78, 5) is 2.94. The van der Waals surface area contributed by atoms with Crippen LogP contribution in [0.15, 0.2) is 0 Å². The van der Waals surface area contributed by atoms with Crippen LogP contribution in [-0.4, -0.2) is 22.5 Å². The number of hydrogen-bond donors (Lipinski definition) is 0. The average Bonchev–Trinajstić information content (AvgIpc) is 2.69. The predicted octanol–water partition coefficient (Wildman–Crippen LogP) is 3.58. The molecule has 3 aliphatic rings. The van der Waals surface area contributed by atoms with Crippen LogP contribution in [0, 0.1) is 5.41 Å². The molecule has 1 nitrogen and oxygen atoms in total. The minimum atomic E-state index is 0.503. The van der Waals surface area contributed by atoms with Gasteiger partial charge in [0.25, 0.3) is 0 Å². The highest BCUT2D eigenvalue weighted by molar-refractivity contribution is 5.18. The van der Waals surface area contributed by atoms with Crippen LogP contribution < -0.4 is 0 Å². The van der Waals surface area contributed by atoms with Crippen molar-refractivity contribution in [3.63, 3.8) is 0 Å². The van der Waals surface area contributed by atoms with Crippen molar-refractivity contribution < 1.29 is 0 Å². The molecule has 0 bridgehead atoms. The molecular formula is C14H25N. The molecule has 1 aliphatic carbocycles. The summed E-state index contributed by atoms with van der Waals surface area (Å²) in [6.45, 7) is 8.64. The first-order valence-corrected chi connectivity index (χ1v) is 6.74. The van der Waals surface area contributed by atoms with Crippen molar-refractivity contribution in [1.82, 2.24) is 4.90 Å². The molecule has 2 saturated heterocycles. The first-order chi connectivity index (χ1) is 6.96. The first kappa shape index (κ1) is 10.1. The van der Waals surface area contributed by atoms with Crippen LogP contribution in [0.1, 0.15) is 65.7 Å². The Bertz CT molecular complexity index is 272. The fraction of sp³-hybridized carbons (Fsp3) is 1.00. The molecule has 3 fully saturated rings. The quantitative estimate of drug-likeness (QED) is 0.635. The van der Waals surface area contributed by atoms with E-state index < -0.39 is 0 Å². The molecule has 15 heavy (non-hydrogen) atoms. The Morgan fingerprint density at radius 2 is 1.67 bits per heavy atom. The summed E-state index contributed by atoms with van der Waals surface area (Å²) in [7, 11) is 0. The zero-order valence-corrected chi connectivity index (χ0v) is 10.6. The van der Waals surface area contributed by atoms with Gasteiger partial charge in [0.2, 0.25) is 0 Å². The summed E-state index contributed by atoms with van der Waals surface area (Å²) >= 11 is 0. The van der Waals surface area contributed by atoms with E-state index in [1.54, 1.807) is 0 Å². The van der Waals surface area contributed by atoms with E-state index in [0.29, 0.717) is 16.5 Å². The fourth-order valence-electron chi connectivity index (χ4n) is 4.46. The van der Waals surface area contributed by atoms with Gasteiger partial charge in [-0.05, 0) is 56.9 Å². The van der Waals surface area contributed by atoms with Gasteiger partial charge < -0.3 is 0 Å². The molecule has 0 aromatic carbocycles. The summed E-state index contributed by atoms with van der Waals surface area (Å²) in [5, 5.41) is 0. The third-order valence-electron chi connectivity index (χ3n) is 4.91. The topological polar surface area (TPSA) is 3.24 Å². The maximum atomic E-state index is 2.94. The maximum Gasteiger partial charge on any atom is 0.0221 e. The second kappa shape index (κ2) is 2.80. The van der Waals surface area contributed by atoms with Crippen LogP contribution in [-0.2, 0) is 0 Å². The normalized spacial score (nSPS) is 38.6. The molecule has 0 radical (unpaired) electrons. The standard InChI is InChI=1S/C14H25N/c1-12(2,3)11-14-5-4-10-15(14)13(6-7-13)8-9-14/h4-11H2,1-3H3. The lowest BCUT2D eigenvalue weighted by Gasteiger charge is -2.40. The lowest BCUT2D eigenvalue weighted by Crippen LogP contribution is -2.45. The highest BCUT2D eigenvalue weighted by Gasteiger charge is 2.62. The van der Waals surface area contributed by atoms with Crippen molar-refractivity contribution >= 4 is 0 Å². The highest BCUT2D eigenvalue weighted by Crippen LogP contribution is 2.61. The minimum absolute atomic E-state index is 0.503. The minimum Gasteiger partial charge on any atom is -0.292 e. The molecular weight excluding hydrogens is 182 g/mol. The Morgan fingerprint density at radius 1 is 1.00 bits per heavy atom. The van der Waals surface area contributed by atoms with Crippen LogP contribution in [0.5, 0.6) is 0 Å². The van der Waals surface area contributed by atoms with Crippen LogP contribution in [0.25, 0.3) is 0 Å². The SMILES string of the molecule is CC(C)(C)CC12CCCN1C1(CC1)CC2. The summed E-state index contributed by atoms with van der Waals surface area (Å²) < 4.78 is 0. The molecule has 2 heterocycles. The molecule has 1 saturated carbocycles. The van der Waals surface area contributed by atoms with Gasteiger partial charge in [-0.2, -0.15) is 0 Å². The Balaban J connectivity index is 1.84. The van der Waals surface area contributed by atoms with Gasteiger partial charge in [0.15, 0.2) is 0 Å². The molecule has 1 atom stereocenters. The van der Waals surface area contributed by atoms with E-state index in [1.165, 1.54) is 51.5 Å². The molecule has 2 aliphatic heterocycles. The molecule has 0 N–H and O–H groups in total. The number of rotatable bonds is 1. The molecule has 1 heteroatoms. The van der Waals surface area contributed by atoms with Gasteiger partial charge in [-0.3, -0.25) is 4.90 Å². The summed E-state index contributed by atoms with van der Waals surface area (Å²) in [5.74, 6) is 0. The maximum absolute atomic E-state index is 2.94. The van der Waals surface area contributed by atoms with E-state index in [2.05, 4.69) is 25.7 Å². The van der Waals surface area contributed by atoms with Gasteiger partial charge in [-0.1, -0.05) is 20.8 Å². The molecule has 3 rings (SSSR count). The fourth-order valence-corrected chi connectivity index (χ4v) is 4.46. The predicted molar refractivity (Wildman–Crippen MR) is 63.9 cm³/mol. The Morgan fingerprint density at radius 3 is 2.27 bits per heavy atom. The molecule has 1 spiro atoms. The van der Waals surface area contributed by atoms with E-state index in [0.717, 1.165) is 0 Å². The second-order valence-corrected chi connectivity index (χ2v) is 7.44.